The van der Waals surface area contributed by atoms with Gasteiger partial charge in [0.15, 0.2) is 0 Å². The zero-order valence-electron chi connectivity index (χ0n) is 16.1. The van der Waals surface area contributed by atoms with E-state index in [1.54, 1.807) is 30.6 Å². The zero-order chi connectivity index (χ0) is 21.3. The Morgan fingerprint density at radius 3 is 2.63 bits per heavy atom. The number of amides is 1. The van der Waals surface area contributed by atoms with Crippen molar-refractivity contribution in [3.05, 3.63) is 92.4 Å². The molecule has 0 spiro atoms. The number of hydrazone groups is 1. The van der Waals surface area contributed by atoms with E-state index in [1.807, 2.05) is 24.3 Å². The molecule has 30 heavy (non-hydrogen) atoms. The topological polar surface area (TPSA) is 121 Å². The maximum atomic E-state index is 12.5. The third kappa shape index (κ3) is 3.52. The van der Waals surface area contributed by atoms with Crippen molar-refractivity contribution in [1.29, 1.82) is 0 Å². The Hall–Kier alpha value is -4.01. The molecule has 0 unspecified atom stereocenters. The molecule has 4 rings (SSSR count). The van der Waals surface area contributed by atoms with Crippen LogP contribution in [0.15, 0.2) is 69.5 Å². The normalized spacial score (nSPS) is 15.8. The molecular weight excluding hydrogens is 386 g/mol. The molecule has 0 aliphatic carbocycles. The lowest BCUT2D eigenvalue weighted by Crippen LogP contribution is -2.34. The number of aromatic amines is 1. The molecule has 0 saturated carbocycles. The van der Waals surface area contributed by atoms with E-state index >= 15 is 0 Å². The van der Waals surface area contributed by atoms with Crippen molar-refractivity contribution < 1.29 is 9.90 Å². The van der Waals surface area contributed by atoms with E-state index in [0.29, 0.717) is 0 Å². The third-order valence-corrected chi connectivity index (χ3v) is 4.95. The molecule has 1 aromatic carbocycles. The summed E-state index contributed by atoms with van der Waals surface area (Å²) in [5, 5.41) is 16.4. The van der Waals surface area contributed by atoms with E-state index in [4.69, 9.17) is 0 Å². The highest BCUT2D eigenvalue weighted by atomic mass is 16.3. The number of carbonyl (C=O) groups is 1. The number of rotatable bonds is 4. The zero-order valence-corrected chi connectivity index (χ0v) is 16.1. The summed E-state index contributed by atoms with van der Waals surface area (Å²) in [6.07, 6.45) is 3.44. The van der Waals surface area contributed by atoms with Gasteiger partial charge in [-0.05, 0) is 17.2 Å². The average molecular weight is 405 g/mol. The Morgan fingerprint density at radius 2 is 1.97 bits per heavy atom. The molecule has 1 aliphatic rings. The van der Waals surface area contributed by atoms with Crippen molar-refractivity contribution in [3.8, 4) is 5.88 Å². The minimum atomic E-state index is -0.754. The Labute approximate surface area is 171 Å². The van der Waals surface area contributed by atoms with Crippen molar-refractivity contribution in [2.24, 2.45) is 5.10 Å². The summed E-state index contributed by atoms with van der Waals surface area (Å²) in [5.74, 6) is -0.797. The lowest BCUT2D eigenvalue weighted by atomic mass is 10.0. The van der Waals surface area contributed by atoms with Gasteiger partial charge in [0, 0.05) is 25.7 Å². The minimum absolute atomic E-state index is 0.0744. The second-order valence-electron chi connectivity index (χ2n) is 6.95. The van der Waals surface area contributed by atoms with Crippen LogP contribution in [0.5, 0.6) is 5.88 Å². The number of aromatic hydroxyl groups is 1. The van der Waals surface area contributed by atoms with Crippen molar-refractivity contribution in [2.45, 2.75) is 25.9 Å². The average Bonchev–Trinajstić information content (AvgIpc) is 3.18. The lowest BCUT2D eigenvalue weighted by molar-refractivity contribution is -0.130. The van der Waals surface area contributed by atoms with Crippen LogP contribution in [0.25, 0.3) is 0 Å². The Morgan fingerprint density at radius 1 is 1.20 bits per heavy atom. The highest BCUT2D eigenvalue weighted by Gasteiger charge is 2.34. The quantitative estimate of drug-likeness (QED) is 0.679. The predicted molar refractivity (Wildman–Crippen MR) is 109 cm³/mol. The number of nitrogens with one attached hydrogen (secondary N) is 1. The molecule has 0 saturated heterocycles. The van der Waals surface area contributed by atoms with Crippen molar-refractivity contribution in [3.63, 3.8) is 0 Å². The summed E-state index contributed by atoms with van der Waals surface area (Å²) in [4.78, 5) is 43.3. The van der Waals surface area contributed by atoms with E-state index in [0.717, 1.165) is 15.7 Å². The second kappa shape index (κ2) is 7.78. The molecule has 2 aromatic heterocycles. The second-order valence-corrected chi connectivity index (χ2v) is 6.95. The molecule has 9 nitrogen and oxygen atoms in total. The number of nitrogens with zero attached hydrogens (tertiary/aromatic N) is 4. The fourth-order valence-corrected chi connectivity index (χ4v) is 3.52. The number of pyridine rings is 1. The van der Waals surface area contributed by atoms with Gasteiger partial charge in [0.05, 0.1) is 18.3 Å². The van der Waals surface area contributed by atoms with E-state index in [9.17, 15) is 19.5 Å². The van der Waals surface area contributed by atoms with Crippen molar-refractivity contribution in [2.75, 3.05) is 0 Å². The van der Waals surface area contributed by atoms with Gasteiger partial charge in [-0.3, -0.25) is 24.1 Å². The third-order valence-electron chi connectivity index (χ3n) is 4.95. The SMILES string of the molecule is CC(=O)N1N=C(c2c(O)n(Cc3ccccc3)c(=O)[nH]c2=O)C[C@@H]1c1cccnc1. The first-order valence-electron chi connectivity index (χ1n) is 9.33. The van der Waals surface area contributed by atoms with E-state index in [2.05, 4.69) is 15.1 Å². The Kier molecular flexibility index (Phi) is 5.01. The van der Waals surface area contributed by atoms with Crippen LogP contribution >= 0.6 is 0 Å². The fourth-order valence-electron chi connectivity index (χ4n) is 3.52. The Bertz CT molecular complexity index is 1230. The summed E-state index contributed by atoms with van der Waals surface area (Å²) in [7, 11) is 0. The standard InChI is InChI=1S/C21H19N5O4/c1-13(27)26-17(15-8-5-9-22-11-15)10-16(24-26)18-19(28)23-21(30)25(20(18)29)12-14-6-3-2-4-7-14/h2-9,11,17,29H,10,12H2,1H3,(H,23,28,30)/t17-/m1/s1. The number of hydrogen-bond donors (Lipinski definition) is 2. The van der Waals surface area contributed by atoms with Gasteiger partial charge in [0.2, 0.25) is 11.8 Å². The van der Waals surface area contributed by atoms with Crippen LogP contribution in [0.3, 0.4) is 0 Å². The number of carbonyl (C=O) groups excluding carboxylic acids is 1. The van der Waals surface area contributed by atoms with Crippen LogP contribution in [-0.2, 0) is 11.3 Å². The monoisotopic (exact) mass is 405 g/mol. The first-order valence-corrected chi connectivity index (χ1v) is 9.33. The number of aromatic nitrogens is 3. The smallest absolute Gasteiger partial charge is 0.331 e. The van der Waals surface area contributed by atoms with Crippen LogP contribution in [-0.4, -0.2) is 36.3 Å². The highest BCUT2D eigenvalue weighted by molar-refractivity contribution is 6.04. The molecule has 3 heterocycles. The summed E-state index contributed by atoms with van der Waals surface area (Å²) in [6.45, 7) is 1.45. The molecule has 0 radical (unpaired) electrons. The molecule has 0 fully saturated rings. The van der Waals surface area contributed by atoms with Gasteiger partial charge in [0.1, 0.15) is 5.56 Å². The summed E-state index contributed by atoms with van der Waals surface area (Å²) in [5.41, 5.74) is 0.148. The first-order chi connectivity index (χ1) is 14.5. The Balaban J connectivity index is 1.77. The predicted octanol–water partition coefficient (Wildman–Crippen LogP) is 1.38. The molecule has 9 heteroatoms. The molecule has 2 N–H and O–H groups in total. The van der Waals surface area contributed by atoms with E-state index < -0.39 is 23.2 Å². The van der Waals surface area contributed by atoms with Crippen LogP contribution in [0, 0.1) is 0 Å². The number of H-pyrrole nitrogens is 1. The molecule has 1 aliphatic heterocycles. The summed E-state index contributed by atoms with van der Waals surface area (Å²) < 4.78 is 1.07. The maximum absolute atomic E-state index is 12.5. The minimum Gasteiger partial charge on any atom is -0.494 e. The van der Waals surface area contributed by atoms with E-state index in [-0.39, 0.29) is 30.1 Å². The molecule has 1 amide bonds. The molecule has 1 atom stereocenters. The van der Waals surface area contributed by atoms with Crippen LogP contribution < -0.4 is 11.2 Å². The molecule has 0 bridgehead atoms. The van der Waals surface area contributed by atoms with Gasteiger partial charge in [-0.15, -0.1) is 0 Å². The van der Waals surface area contributed by atoms with E-state index in [1.165, 1.54) is 11.9 Å². The summed E-state index contributed by atoms with van der Waals surface area (Å²) in [6, 6.07) is 12.2. The number of hydrogen-bond acceptors (Lipinski definition) is 6. The van der Waals surface area contributed by atoms with Gasteiger partial charge >= 0.3 is 5.69 Å². The fraction of sp³-hybridized carbons (Fsp3) is 0.190. The summed E-state index contributed by atoms with van der Waals surface area (Å²) >= 11 is 0. The largest absolute Gasteiger partial charge is 0.494 e. The molecule has 152 valence electrons. The molecular formula is C21H19N5O4. The van der Waals surface area contributed by atoms with Gasteiger partial charge in [-0.1, -0.05) is 36.4 Å². The lowest BCUT2D eigenvalue weighted by Gasteiger charge is -2.19. The first kappa shape index (κ1) is 19.3. The van der Waals surface area contributed by atoms with Crippen LogP contribution in [0.2, 0.25) is 0 Å². The van der Waals surface area contributed by atoms with Gasteiger partial charge in [-0.25, -0.2) is 9.80 Å². The van der Waals surface area contributed by atoms with Crippen LogP contribution in [0.4, 0.5) is 0 Å². The van der Waals surface area contributed by atoms with Crippen molar-refractivity contribution in [1.82, 2.24) is 19.5 Å². The van der Waals surface area contributed by atoms with Gasteiger partial charge < -0.3 is 5.11 Å². The molecule has 3 aromatic rings. The van der Waals surface area contributed by atoms with Gasteiger partial charge in [-0.2, -0.15) is 5.10 Å². The van der Waals surface area contributed by atoms with Gasteiger partial charge in [0.25, 0.3) is 5.56 Å². The van der Waals surface area contributed by atoms with Crippen LogP contribution in [0.1, 0.15) is 36.1 Å². The van der Waals surface area contributed by atoms with Crippen molar-refractivity contribution >= 4 is 11.6 Å². The highest BCUT2D eigenvalue weighted by Crippen LogP contribution is 2.33. The number of benzene rings is 1. The maximum Gasteiger partial charge on any atom is 0.331 e.